The molecular weight excluding hydrogens is 325 g/mol. The van der Waals surface area contributed by atoms with Crippen LogP contribution in [0.5, 0.6) is 17.2 Å². The van der Waals surface area contributed by atoms with Crippen molar-refractivity contribution in [3.05, 3.63) is 60.1 Å². The molecule has 0 unspecified atom stereocenters. The van der Waals surface area contributed by atoms with Gasteiger partial charge in [-0.3, -0.25) is 0 Å². The fourth-order valence-corrected chi connectivity index (χ4v) is 2.29. The maximum atomic E-state index is 14.4. The second-order valence-corrected chi connectivity index (χ2v) is 5.42. The van der Waals surface area contributed by atoms with Crippen LogP contribution in [-0.2, 0) is 0 Å². The van der Waals surface area contributed by atoms with E-state index in [1.807, 2.05) is 13.0 Å². The van der Waals surface area contributed by atoms with Crippen LogP contribution in [0.2, 0.25) is 0 Å². The number of nitrogens with zero attached hydrogens (tertiary/aromatic N) is 2. The van der Waals surface area contributed by atoms with Gasteiger partial charge in [-0.05, 0) is 31.2 Å². The van der Waals surface area contributed by atoms with Gasteiger partial charge in [0.05, 0.1) is 7.11 Å². The average Bonchev–Trinajstić information content (AvgIpc) is 3.04. The lowest BCUT2D eigenvalue weighted by molar-refractivity contribution is 0.371. The van der Waals surface area contributed by atoms with E-state index in [1.54, 1.807) is 37.3 Å². The van der Waals surface area contributed by atoms with Gasteiger partial charge in [-0.2, -0.15) is 0 Å². The van der Waals surface area contributed by atoms with Gasteiger partial charge in [0.2, 0.25) is 11.8 Å². The first-order chi connectivity index (χ1) is 12.1. The number of methoxy groups -OCH3 is 1. The van der Waals surface area contributed by atoms with Crippen molar-refractivity contribution in [3.63, 3.8) is 0 Å². The van der Waals surface area contributed by atoms with Gasteiger partial charge in [-0.1, -0.05) is 12.1 Å². The van der Waals surface area contributed by atoms with Crippen molar-refractivity contribution in [2.24, 2.45) is 0 Å². The van der Waals surface area contributed by atoms with Crippen molar-refractivity contribution < 1.29 is 18.3 Å². The normalized spacial score (nSPS) is 11.8. The third kappa shape index (κ3) is 3.88. The number of hydrogen-bond donors (Lipinski definition) is 1. The van der Waals surface area contributed by atoms with Crippen molar-refractivity contribution in [1.82, 2.24) is 10.2 Å². The molecule has 130 valence electrons. The van der Waals surface area contributed by atoms with E-state index in [-0.39, 0.29) is 11.8 Å². The quantitative estimate of drug-likeness (QED) is 0.711. The summed E-state index contributed by atoms with van der Waals surface area (Å²) >= 11 is 0. The molecule has 0 aliphatic rings. The molecule has 2 aromatic carbocycles. The first kappa shape index (κ1) is 16.8. The highest BCUT2D eigenvalue weighted by Crippen LogP contribution is 2.33. The molecule has 0 saturated carbocycles. The van der Waals surface area contributed by atoms with Crippen molar-refractivity contribution in [2.45, 2.75) is 19.9 Å². The van der Waals surface area contributed by atoms with E-state index in [9.17, 15) is 4.39 Å². The second kappa shape index (κ2) is 7.21. The molecule has 1 aromatic heterocycles. The summed E-state index contributed by atoms with van der Waals surface area (Å²) in [7, 11) is 1.53. The molecule has 1 atom stereocenters. The highest BCUT2D eigenvalue weighted by atomic mass is 19.1. The molecule has 7 heteroatoms. The minimum absolute atomic E-state index is 0.108. The summed E-state index contributed by atoms with van der Waals surface area (Å²) in [6.45, 7) is 3.57. The van der Waals surface area contributed by atoms with Gasteiger partial charge in [-0.15, -0.1) is 10.2 Å². The van der Waals surface area contributed by atoms with E-state index in [4.69, 9.17) is 13.9 Å². The van der Waals surface area contributed by atoms with Gasteiger partial charge in [0.25, 0.3) is 0 Å². The number of aryl methyl sites for hydroxylation is 1. The van der Waals surface area contributed by atoms with Crippen LogP contribution in [0.15, 0.2) is 46.9 Å². The van der Waals surface area contributed by atoms with Crippen LogP contribution in [0, 0.1) is 12.7 Å². The lowest BCUT2D eigenvalue weighted by atomic mass is 10.2. The van der Waals surface area contributed by atoms with Gasteiger partial charge >= 0.3 is 0 Å². The Morgan fingerprint density at radius 2 is 1.84 bits per heavy atom. The number of aromatic nitrogens is 2. The van der Waals surface area contributed by atoms with Crippen LogP contribution in [0.1, 0.15) is 24.7 Å². The highest BCUT2D eigenvalue weighted by molar-refractivity contribution is 5.50. The smallest absolute Gasteiger partial charge is 0.238 e. The Labute approximate surface area is 144 Å². The van der Waals surface area contributed by atoms with Crippen molar-refractivity contribution in [3.8, 4) is 17.2 Å². The summed E-state index contributed by atoms with van der Waals surface area (Å²) in [6.07, 6.45) is 0. The molecule has 0 spiro atoms. The van der Waals surface area contributed by atoms with Crippen molar-refractivity contribution in [1.29, 1.82) is 0 Å². The Bertz CT molecular complexity index is 866. The summed E-state index contributed by atoms with van der Waals surface area (Å²) < 4.78 is 30.5. The molecule has 3 aromatic rings. The van der Waals surface area contributed by atoms with E-state index >= 15 is 0 Å². The molecule has 0 aliphatic heterocycles. The van der Waals surface area contributed by atoms with Crippen LogP contribution in [-0.4, -0.2) is 17.3 Å². The number of rotatable bonds is 6. The lowest BCUT2D eigenvalue weighted by Gasteiger charge is -2.14. The third-order valence-electron chi connectivity index (χ3n) is 3.52. The van der Waals surface area contributed by atoms with Crippen LogP contribution in [0.4, 0.5) is 10.1 Å². The van der Waals surface area contributed by atoms with Gasteiger partial charge in [0.15, 0.2) is 23.1 Å². The summed E-state index contributed by atoms with van der Waals surface area (Å²) in [5, 5.41) is 10.8. The monoisotopic (exact) mass is 343 g/mol. The number of nitrogens with one attached hydrogen (secondary N) is 1. The molecule has 6 nitrogen and oxygen atoms in total. The predicted octanol–water partition coefficient (Wildman–Crippen LogP) is 4.49. The van der Waals surface area contributed by atoms with Crippen LogP contribution < -0.4 is 14.8 Å². The van der Waals surface area contributed by atoms with Crippen molar-refractivity contribution in [2.75, 3.05) is 12.4 Å². The highest BCUT2D eigenvalue weighted by Gasteiger charge is 2.14. The standard InChI is InChI=1S/C18H18FN3O3/c1-11(18-22-21-12(2)24-18)20-13-8-9-15(14(19)10-13)25-17-7-5-4-6-16(17)23-3/h4-11,20H,1-3H3/t11-/m0/s1. The molecule has 1 heterocycles. The van der Waals surface area contributed by atoms with E-state index in [0.717, 1.165) is 0 Å². The van der Waals surface area contributed by atoms with Gasteiger partial charge in [0.1, 0.15) is 6.04 Å². The molecule has 25 heavy (non-hydrogen) atoms. The van der Waals surface area contributed by atoms with Gasteiger partial charge in [0, 0.05) is 18.7 Å². The maximum absolute atomic E-state index is 14.4. The Kier molecular flexibility index (Phi) is 4.83. The maximum Gasteiger partial charge on any atom is 0.238 e. The zero-order valence-electron chi connectivity index (χ0n) is 14.1. The van der Waals surface area contributed by atoms with Gasteiger partial charge in [-0.25, -0.2) is 4.39 Å². The van der Waals surface area contributed by atoms with Crippen LogP contribution in [0.3, 0.4) is 0 Å². The predicted molar refractivity (Wildman–Crippen MR) is 90.5 cm³/mol. The molecular formula is C18H18FN3O3. The molecule has 0 bridgehead atoms. The molecule has 3 rings (SSSR count). The van der Waals surface area contributed by atoms with E-state index in [2.05, 4.69) is 15.5 Å². The molecule has 0 aliphatic carbocycles. The van der Waals surface area contributed by atoms with Crippen molar-refractivity contribution >= 4 is 5.69 Å². The molecule has 0 radical (unpaired) electrons. The number of halogens is 1. The first-order valence-electron chi connectivity index (χ1n) is 7.74. The molecule has 0 fully saturated rings. The zero-order valence-corrected chi connectivity index (χ0v) is 14.1. The van der Waals surface area contributed by atoms with E-state index in [0.29, 0.717) is 29.0 Å². The van der Waals surface area contributed by atoms with E-state index < -0.39 is 5.82 Å². The minimum atomic E-state index is -0.496. The Balaban J connectivity index is 1.74. The first-order valence-corrected chi connectivity index (χ1v) is 7.74. The minimum Gasteiger partial charge on any atom is -0.493 e. The van der Waals surface area contributed by atoms with Crippen LogP contribution in [0.25, 0.3) is 0 Å². The fraction of sp³-hybridized carbons (Fsp3) is 0.222. The molecule has 0 saturated heterocycles. The molecule has 0 amide bonds. The number of benzene rings is 2. The Hall–Kier alpha value is -3.09. The SMILES string of the molecule is COc1ccccc1Oc1ccc(N[C@@H](C)c2nnc(C)o2)cc1F. The largest absolute Gasteiger partial charge is 0.493 e. The zero-order chi connectivity index (χ0) is 17.8. The average molecular weight is 343 g/mol. The lowest BCUT2D eigenvalue weighted by Crippen LogP contribution is -2.07. The number of anilines is 1. The summed E-state index contributed by atoms with van der Waals surface area (Å²) in [5.74, 6) is 1.51. The molecule has 1 N–H and O–H groups in total. The van der Waals surface area contributed by atoms with E-state index in [1.165, 1.54) is 13.2 Å². The second-order valence-electron chi connectivity index (χ2n) is 5.42. The number of hydrogen-bond acceptors (Lipinski definition) is 6. The Morgan fingerprint density at radius 3 is 2.48 bits per heavy atom. The van der Waals surface area contributed by atoms with Crippen LogP contribution >= 0.6 is 0 Å². The summed E-state index contributed by atoms with van der Waals surface area (Å²) in [5.41, 5.74) is 0.577. The topological polar surface area (TPSA) is 69.4 Å². The summed E-state index contributed by atoms with van der Waals surface area (Å²) in [4.78, 5) is 0. The Morgan fingerprint density at radius 1 is 1.08 bits per heavy atom. The van der Waals surface area contributed by atoms with Gasteiger partial charge < -0.3 is 19.2 Å². The summed E-state index contributed by atoms with van der Waals surface area (Å²) in [6, 6.07) is 11.4. The number of para-hydroxylation sites is 2. The number of ether oxygens (including phenoxy) is 2. The third-order valence-corrected chi connectivity index (χ3v) is 3.52. The fourth-order valence-electron chi connectivity index (χ4n) is 2.29.